The fourth-order valence-electron chi connectivity index (χ4n) is 6.09. The molecule has 0 aliphatic rings. The molecule has 1 unspecified atom stereocenters. The minimum atomic E-state index is -2.54. The van der Waals surface area contributed by atoms with Crippen LogP contribution < -0.4 is 10.8 Å². The van der Waals surface area contributed by atoms with Gasteiger partial charge in [0.15, 0.2) is 23.1 Å². The Morgan fingerprint density at radius 1 is 0.981 bits per heavy atom. The highest BCUT2D eigenvalue weighted by Crippen LogP contribution is 2.27. The van der Waals surface area contributed by atoms with Gasteiger partial charge < -0.3 is 19.8 Å². The minimum absolute atomic E-state index is 0.0729. The maximum absolute atomic E-state index is 13.8. The van der Waals surface area contributed by atoms with Crippen LogP contribution in [0.3, 0.4) is 0 Å². The number of carbonyl (C=O) groups is 1. The zero-order valence-corrected chi connectivity index (χ0v) is 32.1. The highest BCUT2D eigenvalue weighted by Gasteiger charge is 2.36. The Hall–Kier alpha value is -3.49. The number of rotatable bonds is 29. The Morgan fingerprint density at radius 2 is 1.58 bits per heavy atom. The second-order valence-corrected chi connectivity index (χ2v) is 14.5. The van der Waals surface area contributed by atoms with E-state index in [0.717, 1.165) is 24.8 Å². The molecule has 0 aliphatic carbocycles. The molecule has 11 nitrogen and oxygen atoms in total. The summed E-state index contributed by atoms with van der Waals surface area (Å²) in [6.07, 6.45) is 27.1. The van der Waals surface area contributed by atoms with Crippen LogP contribution in [0.2, 0.25) is 0 Å². The lowest BCUT2D eigenvalue weighted by Crippen LogP contribution is -2.39. The Kier molecular flexibility index (Phi) is 20.4. The molecule has 1 aromatic carbocycles. The van der Waals surface area contributed by atoms with Crippen LogP contribution in [0.4, 0.5) is 10.2 Å². The van der Waals surface area contributed by atoms with Crippen LogP contribution in [0.15, 0.2) is 36.7 Å². The maximum Gasteiger partial charge on any atom is 0.614 e. The summed E-state index contributed by atoms with van der Waals surface area (Å²) < 4.78 is 45.4. The van der Waals surface area contributed by atoms with Crippen LogP contribution in [0.5, 0.6) is 0 Å². The van der Waals surface area contributed by atoms with Gasteiger partial charge >= 0.3 is 20.2 Å². The molecule has 13 heteroatoms. The van der Waals surface area contributed by atoms with Crippen LogP contribution in [0.1, 0.15) is 122 Å². The zero-order valence-electron chi connectivity index (χ0n) is 31.2. The van der Waals surface area contributed by atoms with Gasteiger partial charge in [-0.15, -0.1) is 10.9 Å². The topological polar surface area (TPSA) is 143 Å². The van der Waals surface area contributed by atoms with Gasteiger partial charge in [0.1, 0.15) is 12.1 Å². The van der Waals surface area contributed by atoms with Crippen molar-refractivity contribution in [1.82, 2.24) is 24.6 Å². The number of methoxy groups -OCH3 is 1. The fraction of sp³-hybridized carbons (Fsp3) is 0.641. The number of aryl methyl sites for hydroxylation is 1. The smallest absolute Gasteiger partial charge is 0.464 e. The molecule has 2 aromatic heterocycles. The van der Waals surface area contributed by atoms with Crippen LogP contribution in [-0.4, -0.2) is 57.5 Å². The van der Waals surface area contributed by atoms with E-state index < -0.39 is 31.9 Å². The quantitative estimate of drug-likeness (QED) is 0.0233. The number of anilines is 1. The lowest BCUT2D eigenvalue weighted by atomic mass is 10.0. The lowest BCUT2D eigenvalue weighted by Gasteiger charge is -2.24. The third-order valence-electron chi connectivity index (χ3n) is 9.36. The summed E-state index contributed by atoms with van der Waals surface area (Å²) in [4.78, 5) is 24.6. The average Bonchev–Trinajstić information content (AvgIpc) is 3.56. The Balaban J connectivity index is 1.38. The van der Waals surface area contributed by atoms with Crippen molar-refractivity contribution < 1.29 is 27.7 Å². The number of nitrogen functional groups attached to an aromatic ring is 1. The summed E-state index contributed by atoms with van der Waals surface area (Å²) in [7, 11) is -1.12. The van der Waals surface area contributed by atoms with E-state index in [1.807, 2.05) is 30.3 Å². The number of imidazole rings is 1. The number of terminal acetylenes is 1. The van der Waals surface area contributed by atoms with Crippen LogP contribution in [-0.2, 0) is 36.3 Å². The van der Waals surface area contributed by atoms with Crippen molar-refractivity contribution in [3.8, 4) is 12.3 Å². The molecule has 2 heterocycles. The molecule has 3 aromatic rings. The van der Waals surface area contributed by atoms with Crippen LogP contribution in [0.25, 0.3) is 11.2 Å². The predicted octanol–water partition coefficient (Wildman–Crippen LogP) is 8.64. The second kappa shape index (κ2) is 24.7. The van der Waals surface area contributed by atoms with Gasteiger partial charge in [-0.3, -0.25) is 4.79 Å². The first kappa shape index (κ1) is 42.9. The molecule has 0 spiro atoms. The van der Waals surface area contributed by atoms with Crippen molar-refractivity contribution >= 4 is 31.1 Å². The van der Waals surface area contributed by atoms with E-state index in [4.69, 9.17) is 26.2 Å². The maximum atomic E-state index is 13.8. The van der Waals surface area contributed by atoms with E-state index in [1.165, 1.54) is 96.9 Å². The van der Waals surface area contributed by atoms with Crippen LogP contribution >= 0.6 is 8.18 Å². The van der Waals surface area contributed by atoms with E-state index in [0.29, 0.717) is 6.61 Å². The number of hydrogen-bond donors (Lipinski definition) is 2. The number of nitrogens with zero attached hydrogens (tertiary/aromatic N) is 4. The molecular weight excluding hydrogens is 682 g/mol. The number of ether oxygens (including phenoxy) is 2. The number of esters is 1. The molecule has 0 aliphatic heterocycles. The van der Waals surface area contributed by atoms with Gasteiger partial charge in [0.05, 0.1) is 12.9 Å². The Bertz CT molecular complexity index is 1520. The minimum Gasteiger partial charge on any atom is -0.464 e. The van der Waals surface area contributed by atoms with E-state index >= 15 is 0 Å². The fourth-order valence-corrected chi connectivity index (χ4v) is 6.94. The normalized spacial score (nSPS) is 13.5. The van der Waals surface area contributed by atoms with Gasteiger partial charge in [-0.1, -0.05) is 145 Å². The van der Waals surface area contributed by atoms with Gasteiger partial charge in [-0.25, -0.2) is 4.98 Å². The van der Waals surface area contributed by atoms with E-state index in [9.17, 15) is 13.8 Å². The third kappa shape index (κ3) is 15.6. The molecule has 0 saturated heterocycles. The molecule has 0 amide bonds. The van der Waals surface area contributed by atoms with Crippen molar-refractivity contribution in [1.29, 1.82) is 0 Å². The first-order valence-electron chi connectivity index (χ1n) is 19.0. The molecule has 0 radical (unpaired) electrons. The molecular formula is C39H59FN6O5P+. The van der Waals surface area contributed by atoms with Gasteiger partial charge in [-0.2, -0.15) is 14.4 Å². The molecule has 3 rings (SSSR count). The number of aromatic nitrogens is 4. The summed E-state index contributed by atoms with van der Waals surface area (Å²) in [6.45, 7) is 2.54. The predicted molar refractivity (Wildman–Crippen MR) is 204 cm³/mol. The monoisotopic (exact) mass is 741 g/mol. The highest BCUT2D eigenvalue weighted by molar-refractivity contribution is 7.36. The van der Waals surface area contributed by atoms with Crippen molar-refractivity contribution in [2.75, 3.05) is 26.1 Å². The van der Waals surface area contributed by atoms with E-state index in [1.54, 1.807) is 4.57 Å². The summed E-state index contributed by atoms with van der Waals surface area (Å²) in [5.41, 5.74) is 5.83. The first-order valence-corrected chi connectivity index (χ1v) is 20.2. The SMILES string of the molecule is C#C[C@](CCn1cnc2c(N)nc(F)nc21)(CO[P+](=O)N[C@@H](Cc1ccccc1)C(=O)OCCCCCCCCCCCCCCCCCC)OC. The molecule has 3 atom stereocenters. The molecule has 0 fully saturated rings. The summed E-state index contributed by atoms with van der Waals surface area (Å²) in [5.74, 6) is 2.02. The summed E-state index contributed by atoms with van der Waals surface area (Å²) in [5, 5.41) is 2.80. The number of halogens is 1. The van der Waals surface area contributed by atoms with Crippen molar-refractivity contribution in [2.45, 2.75) is 141 Å². The number of nitrogens with two attached hydrogens (primary N) is 1. The van der Waals surface area contributed by atoms with Gasteiger partial charge in [0.2, 0.25) is 0 Å². The molecule has 3 N–H and O–H groups in total. The first-order chi connectivity index (χ1) is 25.3. The zero-order chi connectivity index (χ0) is 37.4. The average molecular weight is 742 g/mol. The standard InChI is InChI=1S/C39H59FN6O5P/c1-4-6-7-8-9-10-11-12-13-14-15-16-17-18-19-23-28-50-37(47)33(29-32-24-21-20-22-25-32)45-52(48)51-30-39(5-2,49-3)26-27-46-31-42-34-35(41)43-38(40)44-36(34)46/h2,20-22,24-25,31,33H,4,6-19,23,26-30H2,1,3H3,(H,45,48)(H2,41,43,44)/q+1/t33-,39-/m0/s1. The van der Waals surface area contributed by atoms with E-state index in [-0.39, 0.29) is 43.0 Å². The number of nitrogens with one attached hydrogen (secondary N) is 1. The van der Waals surface area contributed by atoms with Crippen molar-refractivity contribution in [2.24, 2.45) is 0 Å². The van der Waals surface area contributed by atoms with E-state index in [2.05, 4.69) is 32.9 Å². The number of hydrogen-bond acceptors (Lipinski definition) is 9. The molecule has 0 bridgehead atoms. The lowest BCUT2D eigenvalue weighted by molar-refractivity contribution is -0.145. The molecule has 52 heavy (non-hydrogen) atoms. The van der Waals surface area contributed by atoms with Crippen molar-refractivity contribution in [3.63, 3.8) is 0 Å². The second-order valence-electron chi connectivity index (χ2n) is 13.5. The summed E-state index contributed by atoms with van der Waals surface area (Å²) >= 11 is 0. The van der Waals surface area contributed by atoms with Crippen molar-refractivity contribution in [3.05, 3.63) is 48.3 Å². The van der Waals surface area contributed by atoms with Gasteiger partial charge in [-0.05, 0) is 16.5 Å². The number of unbranched alkanes of at least 4 members (excludes halogenated alkanes) is 15. The summed E-state index contributed by atoms with van der Waals surface area (Å²) in [6, 6.07) is 8.53. The van der Waals surface area contributed by atoms with Crippen LogP contribution in [0, 0.1) is 18.4 Å². The third-order valence-corrected chi connectivity index (χ3v) is 10.2. The number of carbonyl (C=O) groups excluding carboxylic acids is 1. The number of benzene rings is 1. The Morgan fingerprint density at radius 3 is 2.15 bits per heavy atom. The highest BCUT2D eigenvalue weighted by atomic mass is 31.1. The largest absolute Gasteiger partial charge is 0.614 e. The molecule has 0 saturated carbocycles. The van der Waals surface area contributed by atoms with Gasteiger partial charge in [0.25, 0.3) is 0 Å². The Labute approximate surface area is 310 Å². The molecule has 286 valence electrons. The van der Waals surface area contributed by atoms with Gasteiger partial charge in [0, 0.05) is 26.5 Å². The number of fused-ring (bicyclic) bond motifs is 1.